The van der Waals surface area contributed by atoms with Crippen molar-refractivity contribution in [3.8, 4) is 11.4 Å². The fourth-order valence-electron chi connectivity index (χ4n) is 3.95. The van der Waals surface area contributed by atoms with Crippen molar-refractivity contribution in [3.05, 3.63) is 67.0 Å². The molecule has 1 aromatic carbocycles. The van der Waals surface area contributed by atoms with Gasteiger partial charge in [-0.1, -0.05) is 30.9 Å². The Hall–Kier alpha value is -4.00. The van der Waals surface area contributed by atoms with E-state index in [1.165, 1.54) is 6.08 Å². The highest BCUT2D eigenvalue weighted by atomic mass is 16.1. The van der Waals surface area contributed by atoms with E-state index in [2.05, 4.69) is 26.4 Å². The molecule has 3 aromatic heterocycles. The molecule has 3 N–H and O–H groups in total. The van der Waals surface area contributed by atoms with Crippen molar-refractivity contribution in [1.29, 1.82) is 0 Å². The number of nitrogen functional groups attached to an aromatic ring is 1. The number of pyridine rings is 1. The molecule has 5 rings (SSSR count). The Balaban J connectivity index is 1.63. The first-order valence-electron chi connectivity index (χ1n) is 9.67. The maximum atomic E-state index is 11.8. The van der Waals surface area contributed by atoms with Crippen molar-refractivity contribution in [1.82, 2.24) is 24.8 Å². The Labute approximate surface area is 173 Å². The summed E-state index contributed by atoms with van der Waals surface area (Å²) in [6, 6.07) is 11.8. The molecule has 0 spiro atoms. The van der Waals surface area contributed by atoms with Crippen LogP contribution in [0.1, 0.15) is 12.6 Å². The van der Waals surface area contributed by atoms with Gasteiger partial charge in [-0.15, -0.1) is 0 Å². The lowest BCUT2D eigenvalue weighted by Crippen LogP contribution is -2.37. The lowest BCUT2D eigenvalue weighted by molar-refractivity contribution is -0.116. The Morgan fingerprint density at radius 3 is 2.97 bits per heavy atom. The molecule has 0 aliphatic carbocycles. The van der Waals surface area contributed by atoms with Gasteiger partial charge in [0.1, 0.15) is 11.5 Å². The van der Waals surface area contributed by atoms with Crippen LogP contribution in [-0.2, 0) is 11.3 Å². The summed E-state index contributed by atoms with van der Waals surface area (Å²) in [4.78, 5) is 25.7. The largest absolute Gasteiger partial charge is 0.383 e. The zero-order valence-corrected chi connectivity index (χ0v) is 16.5. The fraction of sp³-hybridized carbons (Fsp3) is 0.130. The minimum Gasteiger partial charge on any atom is -0.383 e. The van der Waals surface area contributed by atoms with Gasteiger partial charge in [-0.3, -0.25) is 9.78 Å². The molecule has 7 nitrogen and oxygen atoms in total. The monoisotopic (exact) mass is 396 g/mol. The van der Waals surface area contributed by atoms with Gasteiger partial charge in [-0.05, 0) is 36.8 Å². The van der Waals surface area contributed by atoms with Crippen molar-refractivity contribution in [3.63, 3.8) is 0 Å². The highest BCUT2D eigenvalue weighted by Crippen LogP contribution is 2.32. The third kappa shape index (κ3) is 2.91. The molecule has 0 saturated heterocycles. The van der Waals surface area contributed by atoms with Crippen LogP contribution in [0, 0.1) is 0 Å². The van der Waals surface area contributed by atoms with E-state index in [4.69, 9.17) is 10.7 Å². The summed E-state index contributed by atoms with van der Waals surface area (Å²) in [5.41, 5.74) is 10.8. The number of nitrogens with zero attached hydrogens (tertiary/aromatic N) is 4. The molecule has 0 bridgehead atoms. The molecule has 0 saturated carbocycles. The molecule has 148 valence electrons. The molecule has 1 aliphatic rings. The number of allylic oxidation sites excluding steroid dienone is 1. The second-order valence-corrected chi connectivity index (χ2v) is 7.40. The SMILES string of the molecule is C=CC(=O)NC1C=C(C)c2cc3c(N)nc(-c4cnc5ccccc5c4)nc3n2C1. The number of hydrogen-bond acceptors (Lipinski definition) is 5. The standard InChI is InChI=1S/C23H20N6O/c1-3-20(30)26-16-8-13(2)19-10-17-21(24)27-22(28-23(17)29(19)12-16)15-9-14-6-4-5-7-18(14)25-11-15/h3-11,16H,1,12H2,2H3,(H,26,30)(H2,24,27,28). The van der Waals surface area contributed by atoms with Crippen LogP contribution in [0.3, 0.4) is 0 Å². The summed E-state index contributed by atoms with van der Waals surface area (Å²) >= 11 is 0. The van der Waals surface area contributed by atoms with Crippen molar-refractivity contribution in [2.24, 2.45) is 0 Å². The van der Waals surface area contributed by atoms with Crippen LogP contribution in [0.5, 0.6) is 0 Å². The van der Waals surface area contributed by atoms with Gasteiger partial charge >= 0.3 is 0 Å². The van der Waals surface area contributed by atoms with E-state index in [1.54, 1.807) is 6.20 Å². The molecule has 0 fully saturated rings. The van der Waals surface area contributed by atoms with E-state index in [0.29, 0.717) is 18.2 Å². The number of rotatable bonds is 3. The topological polar surface area (TPSA) is 98.7 Å². The number of nitrogens with one attached hydrogen (secondary N) is 1. The first-order valence-corrected chi connectivity index (χ1v) is 9.67. The van der Waals surface area contributed by atoms with Gasteiger partial charge in [0, 0.05) is 29.4 Å². The van der Waals surface area contributed by atoms with E-state index in [1.807, 2.05) is 49.4 Å². The number of amides is 1. The summed E-state index contributed by atoms with van der Waals surface area (Å²) in [6.45, 7) is 6.09. The summed E-state index contributed by atoms with van der Waals surface area (Å²) in [6.07, 6.45) is 5.08. The number of benzene rings is 1. The predicted octanol–water partition coefficient (Wildman–Crippen LogP) is 3.32. The van der Waals surface area contributed by atoms with Gasteiger partial charge in [-0.2, -0.15) is 0 Å². The van der Waals surface area contributed by atoms with E-state index in [9.17, 15) is 4.79 Å². The molecule has 1 amide bonds. The van der Waals surface area contributed by atoms with Crippen LogP contribution in [0.2, 0.25) is 0 Å². The molecular formula is C23H20N6O. The van der Waals surface area contributed by atoms with Crippen molar-refractivity contribution >= 4 is 39.2 Å². The smallest absolute Gasteiger partial charge is 0.243 e. The van der Waals surface area contributed by atoms with E-state index in [0.717, 1.165) is 38.8 Å². The van der Waals surface area contributed by atoms with Gasteiger partial charge in [0.05, 0.1) is 16.9 Å². The van der Waals surface area contributed by atoms with E-state index >= 15 is 0 Å². The molecule has 0 radical (unpaired) electrons. The molecular weight excluding hydrogens is 376 g/mol. The Morgan fingerprint density at radius 1 is 1.30 bits per heavy atom. The highest BCUT2D eigenvalue weighted by molar-refractivity contribution is 5.93. The van der Waals surface area contributed by atoms with Crippen molar-refractivity contribution in [2.75, 3.05) is 5.73 Å². The first kappa shape index (κ1) is 18.1. The molecule has 1 aliphatic heterocycles. The molecule has 1 atom stereocenters. The maximum absolute atomic E-state index is 11.8. The predicted molar refractivity (Wildman–Crippen MR) is 118 cm³/mol. The third-order valence-electron chi connectivity index (χ3n) is 5.38. The molecule has 30 heavy (non-hydrogen) atoms. The minimum atomic E-state index is -0.207. The van der Waals surface area contributed by atoms with E-state index < -0.39 is 0 Å². The lowest BCUT2D eigenvalue weighted by atomic mass is 10.1. The molecule has 4 aromatic rings. The second kappa shape index (κ2) is 6.81. The lowest BCUT2D eigenvalue weighted by Gasteiger charge is -2.23. The van der Waals surface area contributed by atoms with Crippen LogP contribution in [0.4, 0.5) is 5.82 Å². The average Bonchev–Trinajstić information content (AvgIpc) is 3.13. The number of aromatic nitrogens is 4. The number of carbonyl (C=O) groups excluding carboxylic acids is 1. The quantitative estimate of drug-likeness (QED) is 0.518. The number of nitrogens with two attached hydrogens (primary N) is 1. The van der Waals surface area contributed by atoms with Gasteiger partial charge in [0.2, 0.25) is 5.91 Å². The Morgan fingerprint density at radius 2 is 2.13 bits per heavy atom. The molecule has 1 unspecified atom stereocenters. The van der Waals surface area contributed by atoms with Crippen LogP contribution in [0.15, 0.2) is 61.3 Å². The second-order valence-electron chi connectivity index (χ2n) is 7.40. The third-order valence-corrected chi connectivity index (χ3v) is 5.38. The summed E-state index contributed by atoms with van der Waals surface area (Å²) < 4.78 is 2.08. The van der Waals surface area contributed by atoms with Gasteiger partial charge < -0.3 is 15.6 Å². The number of hydrogen-bond donors (Lipinski definition) is 2. The average molecular weight is 396 g/mol. The van der Waals surface area contributed by atoms with E-state index in [-0.39, 0.29) is 11.9 Å². The Bertz CT molecular complexity index is 1370. The summed E-state index contributed by atoms with van der Waals surface area (Å²) in [5.74, 6) is 0.739. The molecule has 4 heterocycles. The number of carbonyl (C=O) groups is 1. The van der Waals surface area contributed by atoms with Crippen LogP contribution < -0.4 is 11.1 Å². The number of para-hydroxylation sites is 1. The normalized spacial score (nSPS) is 15.6. The van der Waals surface area contributed by atoms with Crippen molar-refractivity contribution in [2.45, 2.75) is 19.5 Å². The van der Waals surface area contributed by atoms with Crippen LogP contribution >= 0.6 is 0 Å². The van der Waals surface area contributed by atoms with Gasteiger partial charge in [-0.25, -0.2) is 9.97 Å². The zero-order valence-electron chi connectivity index (χ0n) is 16.5. The van der Waals surface area contributed by atoms with Gasteiger partial charge in [0.25, 0.3) is 0 Å². The first-order chi connectivity index (χ1) is 14.5. The fourth-order valence-corrected chi connectivity index (χ4v) is 3.95. The summed E-state index contributed by atoms with van der Waals surface area (Å²) in [5, 5.41) is 4.75. The number of anilines is 1. The minimum absolute atomic E-state index is 0.152. The maximum Gasteiger partial charge on any atom is 0.243 e. The summed E-state index contributed by atoms with van der Waals surface area (Å²) in [7, 11) is 0. The molecule has 7 heteroatoms. The van der Waals surface area contributed by atoms with Crippen LogP contribution in [0.25, 0.3) is 38.9 Å². The zero-order chi connectivity index (χ0) is 20.8. The van der Waals surface area contributed by atoms with Crippen LogP contribution in [-0.4, -0.2) is 31.5 Å². The van der Waals surface area contributed by atoms with Crippen molar-refractivity contribution < 1.29 is 4.79 Å². The Kier molecular flexibility index (Phi) is 4.10. The highest BCUT2D eigenvalue weighted by Gasteiger charge is 2.23. The number of fused-ring (bicyclic) bond motifs is 4. The van der Waals surface area contributed by atoms with Gasteiger partial charge in [0.15, 0.2) is 5.82 Å².